The van der Waals surface area contributed by atoms with E-state index in [0.717, 1.165) is 0 Å². The molecule has 0 aromatic carbocycles. The van der Waals surface area contributed by atoms with Crippen molar-refractivity contribution >= 4 is 74.8 Å². The van der Waals surface area contributed by atoms with Gasteiger partial charge in [-0.05, 0) is 0 Å². The Morgan fingerprint density at radius 1 is 1.00 bits per heavy atom. The van der Waals surface area contributed by atoms with Crippen LogP contribution < -0.4 is 0 Å². The van der Waals surface area contributed by atoms with Gasteiger partial charge in [-0.1, -0.05) is 0 Å². The molecule has 1 unspecified atom stereocenters. The van der Waals surface area contributed by atoms with E-state index in [2.05, 4.69) is 8.99 Å². The summed E-state index contributed by atoms with van der Waals surface area (Å²) in [5, 5.41) is 7.48. The fraction of sp³-hybridized carbons (Fsp3) is 0. The third-order valence-electron chi connectivity index (χ3n) is 0.313. The third kappa shape index (κ3) is 12.2. The fourth-order valence-electron chi connectivity index (χ4n) is 0.149. The second-order valence-electron chi connectivity index (χ2n) is 1.12. The first-order valence-corrected chi connectivity index (χ1v) is 4.72. The van der Waals surface area contributed by atoms with Gasteiger partial charge < -0.3 is 14.7 Å². The topological polar surface area (TPSA) is 134 Å². The molecule has 0 aromatic heterocycles. The number of rotatable bonds is 3. The molecule has 12 heteroatoms. The first kappa shape index (κ1) is 19.7. The van der Waals surface area contributed by atoms with Gasteiger partial charge in [0.25, 0.3) is 0 Å². The zero-order valence-electron chi connectivity index (χ0n) is 4.32. The van der Waals surface area contributed by atoms with E-state index in [4.69, 9.17) is 19.9 Å². The molecule has 0 fully saturated rings. The maximum absolute atomic E-state index is 9.97. The van der Waals surface area contributed by atoms with Gasteiger partial charge in [0.1, 0.15) is 0 Å². The third-order valence-corrected chi connectivity index (χ3v) is 2.20. The summed E-state index contributed by atoms with van der Waals surface area (Å²) < 4.78 is 25.5. The molecule has 66 valence electrons. The second-order valence-corrected chi connectivity index (χ2v) is 3.86. The molecule has 4 N–H and O–H groups in total. The molecule has 0 aliphatic rings. The Labute approximate surface area is 112 Å². The normalized spacial score (nSPS) is 15.3. The van der Waals surface area contributed by atoms with Crippen LogP contribution in [0.1, 0.15) is 0 Å². The van der Waals surface area contributed by atoms with Crippen LogP contribution >= 0.6 is 15.6 Å². The molecule has 12 heavy (non-hydrogen) atoms. The van der Waals surface area contributed by atoms with Gasteiger partial charge in [-0.3, -0.25) is 0 Å². The van der Waals surface area contributed by atoms with E-state index in [1.807, 2.05) is 0 Å². The van der Waals surface area contributed by atoms with E-state index in [1.165, 1.54) is 0 Å². The Hall–Kier alpha value is 2.22. The van der Waals surface area contributed by atoms with Gasteiger partial charge in [0.15, 0.2) is 0 Å². The molecular weight excluding hydrogens is 236 g/mol. The standard InChI is InChI=1S/2Na.H4O8P2.2H/c;;1-7-10(5,6)8-9(2,3)4;;/h;;1H,(H,5,6)(H2,2,3,4);;. The van der Waals surface area contributed by atoms with Gasteiger partial charge in [0, 0.05) is 0 Å². The molecule has 8 nitrogen and oxygen atoms in total. The second kappa shape index (κ2) is 7.50. The van der Waals surface area contributed by atoms with Crippen molar-refractivity contribution in [3.8, 4) is 0 Å². The molecule has 0 heterocycles. The van der Waals surface area contributed by atoms with Gasteiger partial charge in [-0.15, -0.1) is 4.67 Å². The summed E-state index contributed by atoms with van der Waals surface area (Å²) in [7, 11) is -10.1. The van der Waals surface area contributed by atoms with Gasteiger partial charge in [-0.2, -0.15) is 4.31 Å². The van der Waals surface area contributed by atoms with E-state index < -0.39 is 15.6 Å². The summed E-state index contributed by atoms with van der Waals surface area (Å²) in [4.78, 5) is 23.7. The molecule has 0 saturated heterocycles. The average Bonchev–Trinajstić information content (AvgIpc) is 1.60. The molecular formula is H6Na2O8P2. The Morgan fingerprint density at radius 3 is 1.42 bits per heavy atom. The van der Waals surface area contributed by atoms with Gasteiger partial charge in [0.2, 0.25) is 0 Å². The Bertz CT molecular complexity index is 193. The number of hydrogen-bond donors (Lipinski definition) is 4. The average molecular weight is 242 g/mol. The van der Waals surface area contributed by atoms with Crippen molar-refractivity contribution in [2.24, 2.45) is 0 Å². The van der Waals surface area contributed by atoms with Crippen LogP contribution in [0.5, 0.6) is 0 Å². The van der Waals surface area contributed by atoms with Crippen LogP contribution in [0.15, 0.2) is 0 Å². The Kier molecular flexibility index (Phi) is 12.3. The van der Waals surface area contributed by atoms with Gasteiger partial charge in [0.05, 0.1) is 0 Å². The molecule has 1 atom stereocenters. The van der Waals surface area contributed by atoms with Crippen molar-refractivity contribution in [3.63, 3.8) is 0 Å². The minimum atomic E-state index is -5.10. The van der Waals surface area contributed by atoms with Crippen molar-refractivity contribution in [3.05, 3.63) is 0 Å². The van der Waals surface area contributed by atoms with Crippen molar-refractivity contribution in [2.45, 2.75) is 0 Å². The summed E-state index contributed by atoms with van der Waals surface area (Å²) in [5.41, 5.74) is 0. The molecule has 0 amide bonds. The zero-order chi connectivity index (χ0) is 8.41. The summed E-state index contributed by atoms with van der Waals surface area (Å²) in [6.45, 7) is 0. The summed E-state index contributed by atoms with van der Waals surface area (Å²) >= 11 is 0. The van der Waals surface area contributed by atoms with E-state index in [1.54, 1.807) is 0 Å². The van der Waals surface area contributed by atoms with Crippen LogP contribution in [-0.4, -0.2) is 79.1 Å². The predicted molar refractivity (Wildman–Crippen MR) is 41.0 cm³/mol. The number of phosphoric acid groups is 2. The quantitative estimate of drug-likeness (QED) is 0.201. The van der Waals surface area contributed by atoms with E-state index in [9.17, 15) is 9.13 Å². The monoisotopic (exact) mass is 242 g/mol. The molecule has 0 aromatic rings. The van der Waals surface area contributed by atoms with Crippen molar-refractivity contribution in [2.75, 3.05) is 0 Å². The minimum absolute atomic E-state index is 0. The molecule has 0 saturated carbocycles. The fourth-order valence-corrected chi connectivity index (χ4v) is 1.34. The van der Waals surface area contributed by atoms with E-state index >= 15 is 0 Å². The van der Waals surface area contributed by atoms with Crippen LogP contribution in [0.2, 0.25) is 0 Å². The SMILES string of the molecule is O=P(O)(O)OP(=O)(O)OO.[NaH].[NaH]. The Morgan fingerprint density at radius 2 is 1.33 bits per heavy atom. The van der Waals surface area contributed by atoms with Crippen LogP contribution in [0.3, 0.4) is 0 Å². The Balaban J connectivity index is -0.000000405. The first-order chi connectivity index (χ1) is 4.27. The van der Waals surface area contributed by atoms with Crippen molar-refractivity contribution in [1.82, 2.24) is 0 Å². The van der Waals surface area contributed by atoms with Gasteiger partial charge in [-0.25, -0.2) is 14.4 Å². The first-order valence-electron chi connectivity index (χ1n) is 1.70. The molecule has 0 rings (SSSR count). The number of hydrogen-bond acceptors (Lipinski definition) is 5. The molecule has 0 radical (unpaired) electrons. The molecule has 0 bridgehead atoms. The van der Waals surface area contributed by atoms with Crippen LogP contribution in [-0.2, 0) is 18.1 Å². The molecule has 0 spiro atoms. The summed E-state index contributed by atoms with van der Waals surface area (Å²) in [6, 6.07) is 0. The van der Waals surface area contributed by atoms with Crippen molar-refractivity contribution < 1.29 is 38.1 Å². The molecule has 0 aliphatic heterocycles. The van der Waals surface area contributed by atoms with E-state index in [-0.39, 0.29) is 59.1 Å². The summed E-state index contributed by atoms with van der Waals surface area (Å²) in [6.07, 6.45) is 0. The van der Waals surface area contributed by atoms with Crippen LogP contribution in [0.4, 0.5) is 0 Å². The van der Waals surface area contributed by atoms with Crippen molar-refractivity contribution in [1.29, 1.82) is 0 Å². The van der Waals surface area contributed by atoms with Crippen LogP contribution in [0, 0.1) is 0 Å². The van der Waals surface area contributed by atoms with Gasteiger partial charge >= 0.3 is 74.8 Å². The summed E-state index contributed by atoms with van der Waals surface area (Å²) in [5.74, 6) is 0. The predicted octanol–water partition coefficient (Wildman–Crippen LogP) is -1.61. The zero-order valence-corrected chi connectivity index (χ0v) is 6.11. The molecule has 0 aliphatic carbocycles. The van der Waals surface area contributed by atoms with Crippen LogP contribution in [0.25, 0.3) is 0 Å². The maximum atomic E-state index is 9.97. The van der Waals surface area contributed by atoms with E-state index in [0.29, 0.717) is 0 Å².